The smallest absolute Gasteiger partial charge is 0.239 e. The van der Waals surface area contributed by atoms with E-state index in [-0.39, 0.29) is 24.3 Å². The lowest BCUT2D eigenvalue weighted by atomic mass is 10.4. The Hall–Kier alpha value is -1.49. The Labute approximate surface area is 87.9 Å². The standard InChI is InChI=1S/C10H14FN3O/c1-7(2)12-6-10(15)14-9-5-3-4-8(11)13-9/h3-5,7,12H,6H2,1-2H3,(H,13,14,15). The fourth-order valence-electron chi connectivity index (χ4n) is 0.962. The van der Waals surface area contributed by atoms with E-state index in [0.717, 1.165) is 0 Å². The molecule has 0 spiro atoms. The van der Waals surface area contributed by atoms with Crippen LogP contribution in [0.25, 0.3) is 0 Å². The number of halogens is 1. The van der Waals surface area contributed by atoms with Crippen molar-refractivity contribution in [3.8, 4) is 0 Å². The van der Waals surface area contributed by atoms with Crippen molar-refractivity contribution in [1.29, 1.82) is 0 Å². The van der Waals surface area contributed by atoms with Crippen molar-refractivity contribution in [2.45, 2.75) is 19.9 Å². The van der Waals surface area contributed by atoms with Crippen LogP contribution in [0, 0.1) is 5.95 Å². The van der Waals surface area contributed by atoms with Gasteiger partial charge in [-0.25, -0.2) is 4.98 Å². The molecule has 0 bridgehead atoms. The van der Waals surface area contributed by atoms with Crippen LogP contribution >= 0.6 is 0 Å². The van der Waals surface area contributed by atoms with Crippen LogP contribution < -0.4 is 10.6 Å². The minimum atomic E-state index is -0.607. The molecule has 0 aliphatic rings. The molecule has 1 heterocycles. The Morgan fingerprint density at radius 3 is 2.87 bits per heavy atom. The van der Waals surface area contributed by atoms with Crippen LogP contribution in [0.3, 0.4) is 0 Å². The molecule has 0 aliphatic carbocycles. The third-order valence-electron chi connectivity index (χ3n) is 1.65. The summed E-state index contributed by atoms with van der Waals surface area (Å²) in [6, 6.07) is 4.49. The van der Waals surface area contributed by atoms with Gasteiger partial charge in [-0.15, -0.1) is 0 Å². The first kappa shape index (κ1) is 11.6. The summed E-state index contributed by atoms with van der Waals surface area (Å²) in [5.41, 5.74) is 0. The molecule has 0 atom stereocenters. The highest BCUT2D eigenvalue weighted by molar-refractivity contribution is 5.91. The molecule has 0 unspecified atom stereocenters. The van der Waals surface area contributed by atoms with Crippen molar-refractivity contribution in [3.05, 3.63) is 24.1 Å². The van der Waals surface area contributed by atoms with Crippen LogP contribution in [-0.2, 0) is 4.79 Å². The van der Waals surface area contributed by atoms with E-state index in [1.807, 2.05) is 13.8 Å². The summed E-state index contributed by atoms with van der Waals surface area (Å²) in [5, 5.41) is 5.43. The lowest BCUT2D eigenvalue weighted by Gasteiger charge is -2.08. The first-order valence-corrected chi connectivity index (χ1v) is 4.73. The summed E-state index contributed by atoms with van der Waals surface area (Å²) in [6.07, 6.45) is 0. The SMILES string of the molecule is CC(C)NCC(=O)Nc1cccc(F)n1. The molecular formula is C10H14FN3O. The van der Waals surface area contributed by atoms with Gasteiger partial charge in [0.1, 0.15) is 5.82 Å². The number of nitrogens with one attached hydrogen (secondary N) is 2. The van der Waals surface area contributed by atoms with Crippen LogP contribution in [0.1, 0.15) is 13.8 Å². The number of pyridine rings is 1. The van der Waals surface area contributed by atoms with E-state index in [9.17, 15) is 9.18 Å². The summed E-state index contributed by atoms with van der Waals surface area (Å²) in [6.45, 7) is 4.07. The molecule has 0 saturated carbocycles. The van der Waals surface area contributed by atoms with Crippen LogP contribution in [0.4, 0.5) is 10.2 Å². The number of rotatable bonds is 4. The molecule has 82 valence electrons. The number of nitrogens with zero attached hydrogens (tertiary/aromatic N) is 1. The Balaban J connectivity index is 2.44. The molecule has 4 nitrogen and oxygen atoms in total. The molecule has 5 heteroatoms. The monoisotopic (exact) mass is 211 g/mol. The van der Waals surface area contributed by atoms with Gasteiger partial charge in [0.05, 0.1) is 6.54 Å². The summed E-state index contributed by atoms with van der Waals surface area (Å²) in [4.78, 5) is 14.8. The van der Waals surface area contributed by atoms with Gasteiger partial charge in [-0.05, 0) is 12.1 Å². The van der Waals surface area contributed by atoms with Gasteiger partial charge in [-0.2, -0.15) is 4.39 Å². The maximum absolute atomic E-state index is 12.7. The highest BCUT2D eigenvalue weighted by atomic mass is 19.1. The largest absolute Gasteiger partial charge is 0.309 e. The molecule has 0 aromatic carbocycles. The zero-order valence-electron chi connectivity index (χ0n) is 8.75. The molecule has 0 saturated heterocycles. The highest BCUT2D eigenvalue weighted by Gasteiger charge is 2.04. The second-order valence-corrected chi connectivity index (χ2v) is 3.43. The molecular weight excluding hydrogens is 197 g/mol. The first-order chi connectivity index (χ1) is 7.08. The van der Waals surface area contributed by atoms with E-state index in [1.54, 1.807) is 0 Å². The van der Waals surface area contributed by atoms with E-state index in [1.165, 1.54) is 18.2 Å². The lowest BCUT2D eigenvalue weighted by Crippen LogP contribution is -2.32. The van der Waals surface area contributed by atoms with Crippen molar-refractivity contribution in [2.24, 2.45) is 0 Å². The number of anilines is 1. The Kier molecular flexibility index (Phi) is 4.17. The average molecular weight is 211 g/mol. The van der Waals surface area contributed by atoms with E-state index in [4.69, 9.17) is 0 Å². The maximum Gasteiger partial charge on any atom is 0.239 e. The van der Waals surface area contributed by atoms with Crippen molar-refractivity contribution in [1.82, 2.24) is 10.3 Å². The number of carbonyl (C=O) groups is 1. The molecule has 0 fully saturated rings. The summed E-state index contributed by atoms with van der Waals surface area (Å²) < 4.78 is 12.7. The fourth-order valence-corrected chi connectivity index (χ4v) is 0.962. The van der Waals surface area contributed by atoms with E-state index in [0.29, 0.717) is 0 Å². The summed E-state index contributed by atoms with van der Waals surface area (Å²) in [5.74, 6) is -0.614. The van der Waals surface area contributed by atoms with Crippen molar-refractivity contribution in [3.63, 3.8) is 0 Å². The zero-order chi connectivity index (χ0) is 11.3. The average Bonchev–Trinajstić information content (AvgIpc) is 2.15. The third-order valence-corrected chi connectivity index (χ3v) is 1.65. The van der Waals surface area contributed by atoms with Crippen LogP contribution in [0.15, 0.2) is 18.2 Å². The lowest BCUT2D eigenvalue weighted by molar-refractivity contribution is -0.115. The van der Waals surface area contributed by atoms with Crippen molar-refractivity contribution >= 4 is 11.7 Å². The number of amides is 1. The zero-order valence-corrected chi connectivity index (χ0v) is 8.75. The van der Waals surface area contributed by atoms with Gasteiger partial charge in [-0.3, -0.25) is 4.79 Å². The van der Waals surface area contributed by atoms with Crippen LogP contribution in [-0.4, -0.2) is 23.5 Å². The number of carbonyl (C=O) groups excluding carboxylic acids is 1. The van der Waals surface area contributed by atoms with Crippen LogP contribution in [0.2, 0.25) is 0 Å². The van der Waals surface area contributed by atoms with Gasteiger partial charge in [0.15, 0.2) is 0 Å². The van der Waals surface area contributed by atoms with E-state index < -0.39 is 5.95 Å². The van der Waals surface area contributed by atoms with Crippen molar-refractivity contribution < 1.29 is 9.18 Å². The number of hydrogen-bond donors (Lipinski definition) is 2. The van der Waals surface area contributed by atoms with Crippen molar-refractivity contribution in [2.75, 3.05) is 11.9 Å². The quantitative estimate of drug-likeness (QED) is 0.735. The fraction of sp³-hybridized carbons (Fsp3) is 0.400. The highest BCUT2D eigenvalue weighted by Crippen LogP contribution is 2.02. The van der Waals surface area contributed by atoms with Gasteiger partial charge in [-0.1, -0.05) is 19.9 Å². The Morgan fingerprint density at radius 1 is 1.53 bits per heavy atom. The van der Waals surface area contributed by atoms with Gasteiger partial charge in [0.25, 0.3) is 0 Å². The number of aromatic nitrogens is 1. The van der Waals surface area contributed by atoms with E-state index >= 15 is 0 Å². The first-order valence-electron chi connectivity index (χ1n) is 4.73. The minimum absolute atomic E-state index is 0.190. The molecule has 0 radical (unpaired) electrons. The summed E-state index contributed by atoms with van der Waals surface area (Å²) >= 11 is 0. The Bertz CT molecular complexity index is 341. The van der Waals surface area contributed by atoms with Gasteiger partial charge in [0, 0.05) is 6.04 Å². The second kappa shape index (κ2) is 5.41. The van der Waals surface area contributed by atoms with Gasteiger partial charge in [0.2, 0.25) is 11.9 Å². The Morgan fingerprint density at radius 2 is 2.27 bits per heavy atom. The second-order valence-electron chi connectivity index (χ2n) is 3.43. The molecule has 1 rings (SSSR count). The van der Waals surface area contributed by atoms with Crippen LogP contribution in [0.5, 0.6) is 0 Å². The number of hydrogen-bond acceptors (Lipinski definition) is 3. The topological polar surface area (TPSA) is 54.0 Å². The normalized spacial score (nSPS) is 10.4. The predicted molar refractivity (Wildman–Crippen MR) is 56.0 cm³/mol. The minimum Gasteiger partial charge on any atom is -0.309 e. The molecule has 2 N–H and O–H groups in total. The molecule has 15 heavy (non-hydrogen) atoms. The molecule has 1 aromatic heterocycles. The van der Waals surface area contributed by atoms with Gasteiger partial charge < -0.3 is 10.6 Å². The summed E-state index contributed by atoms with van der Waals surface area (Å²) in [7, 11) is 0. The predicted octanol–water partition coefficient (Wildman–Crippen LogP) is 1.16. The van der Waals surface area contributed by atoms with E-state index in [2.05, 4.69) is 15.6 Å². The molecule has 1 aromatic rings. The molecule has 1 amide bonds. The molecule has 0 aliphatic heterocycles. The van der Waals surface area contributed by atoms with Gasteiger partial charge >= 0.3 is 0 Å². The third kappa shape index (κ3) is 4.51. The maximum atomic E-state index is 12.7.